The Morgan fingerprint density at radius 1 is 1.28 bits per heavy atom. The summed E-state index contributed by atoms with van der Waals surface area (Å²) in [5, 5.41) is 0. The number of nitrogen functional groups attached to an aromatic ring is 1. The molecule has 0 radical (unpaired) electrons. The van der Waals surface area contributed by atoms with E-state index in [-0.39, 0.29) is 18.6 Å². The van der Waals surface area contributed by atoms with Gasteiger partial charge in [-0.2, -0.15) is 0 Å². The number of rotatable bonds is 7. The Labute approximate surface area is 145 Å². The summed E-state index contributed by atoms with van der Waals surface area (Å²) in [6.45, 7) is 2.27. The van der Waals surface area contributed by atoms with Crippen LogP contribution in [0.5, 0.6) is 0 Å². The Bertz CT molecular complexity index is 899. The first-order chi connectivity index (χ1) is 11.9. The SMILES string of the molecule is C[C@H](Cn1cnc2c(N)ncnc21)OCP(=O)(O)Cc1ccccc1. The molecule has 8 nitrogen and oxygen atoms in total. The van der Waals surface area contributed by atoms with E-state index in [9.17, 15) is 9.46 Å². The molecule has 0 spiro atoms. The molecule has 0 fully saturated rings. The Balaban J connectivity index is 1.59. The summed E-state index contributed by atoms with van der Waals surface area (Å²) in [5.41, 5.74) is 7.72. The van der Waals surface area contributed by atoms with Gasteiger partial charge in [-0.15, -0.1) is 0 Å². The molecule has 9 heteroatoms. The quantitative estimate of drug-likeness (QED) is 0.620. The third-order valence-electron chi connectivity index (χ3n) is 3.72. The van der Waals surface area contributed by atoms with E-state index in [1.54, 1.807) is 10.9 Å². The second-order valence-electron chi connectivity index (χ2n) is 5.92. The molecule has 2 atom stereocenters. The van der Waals surface area contributed by atoms with Crippen molar-refractivity contribution < 1.29 is 14.2 Å². The van der Waals surface area contributed by atoms with E-state index in [2.05, 4.69) is 15.0 Å². The molecule has 0 aliphatic heterocycles. The van der Waals surface area contributed by atoms with E-state index in [1.807, 2.05) is 37.3 Å². The van der Waals surface area contributed by atoms with Gasteiger partial charge < -0.3 is 19.9 Å². The van der Waals surface area contributed by atoms with Crippen LogP contribution in [0.1, 0.15) is 12.5 Å². The molecule has 0 bridgehead atoms. The molecule has 0 aliphatic carbocycles. The van der Waals surface area contributed by atoms with Crippen LogP contribution in [0.4, 0.5) is 5.82 Å². The molecule has 1 unspecified atom stereocenters. The average Bonchev–Trinajstić information content (AvgIpc) is 2.98. The lowest BCUT2D eigenvalue weighted by Crippen LogP contribution is -2.17. The number of aromatic nitrogens is 4. The van der Waals surface area contributed by atoms with E-state index in [0.717, 1.165) is 5.56 Å². The summed E-state index contributed by atoms with van der Waals surface area (Å²) in [6, 6.07) is 9.21. The van der Waals surface area contributed by atoms with Crippen molar-refractivity contribution in [3.8, 4) is 0 Å². The van der Waals surface area contributed by atoms with Crippen molar-refractivity contribution in [1.29, 1.82) is 0 Å². The topological polar surface area (TPSA) is 116 Å². The minimum absolute atomic E-state index is 0.0956. The van der Waals surface area contributed by atoms with Gasteiger partial charge in [0.15, 0.2) is 11.5 Å². The molecule has 25 heavy (non-hydrogen) atoms. The van der Waals surface area contributed by atoms with Gasteiger partial charge in [0.05, 0.1) is 25.1 Å². The number of ether oxygens (including phenoxy) is 1. The van der Waals surface area contributed by atoms with Crippen molar-refractivity contribution in [3.63, 3.8) is 0 Å². The van der Waals surface area contributed by atoms with Crippen molar-refractivity contribution >= 4 is 24.4 Å². The molecule has 3 rings (SSSR count). The molecule has 132 valence electrons. The van der Waals surface area contributed by atoms with Gasteiger partial charge in [0.25, 0.3) is 0 Å². The lowest BCUT2D eigenvalue weighted by Gasteiger charge is -2.17. The Morgan fingerprint density at radius 3 is 2.80 bits per heavy atom. The second-order valence-corrected chi connectivity index (χ2v) is 8.19. The fraction of sp³-hybridized carbons (Fsp3) is 0.312. The predicted octanol–water partition coefficient (Wildman–Crippen LogP) is 2.24. The highest BCUT2D eigenvalue weighted by atomic mass is 31.2. The number of anilines is 1. The zero-order chi connectivity index (χ0) is 17.9. The molecule has 0 aliphatic rings. The van der Waals surface area contributed by atoms with Crippen molar-refractivity contribution in [2.24, 2.45) is 0 Å². The van der Waals surface area contributed by atoms with Crippen LogP contribution in [0.15, 0.2) is 43.0 Å². The van der Waals surface area contributed by atoms with Crippen molar-refractivity contribution in [2.45, 2.75) is 25.7 Å². The van der Waals surface area contributed by atoms with Gasteiger partial charge in [-0.3, -0.25) is 4.57 Å². The van der Waals surface area contributed by atoms with Crippen LogP contribution in [-0.2, 0) is 22.0 Å². The van der Waals surface area contributed by atoms with Gasteiger partial charge in [0, 0.05) is 0 Å². The maximum absolute atomic E-state index is 12.3. The zero-order valence-corrected chi connectivity index (χ0v) is 14.7. The Hall–Kier alpha value is -2.28. The van der Waals surface area contributed by atoms with Crippen LogP contribution in [0.3, 0.4) is 0 Å². The number of hydrogen-bond donors (Lipinski definition) is 2. The smallest absolute Gasteiger partial charge is 0.229 e. The van der Waals surface area contributed by atoms with Gasteiger partial charge in [0.1, 0.15) is 18.2 Å². The lowest BCUT2D eigenvalue weighted by molar-refractivity contribution is 0.0824. The molecule has 2 aromatic heterocycles. The Morgan fingerprint density at radius 2 is 2.04 bits per heavy atom. The molecule has 3 aromatic rings. The number of imidazole rings is 1. The third kappa shape index (κ3) is 4.42. The lowest BCUT2D eigenvalue weighted by atomic mass is 10.2. The summed E-state index contributed by atoms with van der Waals surface area (Å²) in [6.07, 6.45) is 2.59. The standard InChI is InChI=1S/C16H20N5O3P/c1-12(7-21-10-20-14-15(17)18-9-19-16(14)21)24-11-25(22,23)8-13-5-3-2-4-6-13/h2-6,9-10,12H,7-8,11H2,1H3,(H,22,23)(H2,17,18,19)/t12-/m1/s1. The van der Waals surface area contributed by atoms with E-state index in [1.165, 1.54) is 6.33 Å². The normalized spacial score (nSPS) is 15.1. The van der Waals surface area contributed by atoms with Crippen molar-refractivity contribution in [1.82, 2.24) is 19.5 Å². The van der Waals surface area contributed by atoms with E-state index >= 15 is 0 Å². The van der Waals surface area contributed by atoms with E-state index < -0.39 is 7.37 Å². The number of nitrogens with zero attached hydrogens (tertiary/aromatic N) is 4. The van der Waals surface area contributed by atoms with Crippen LogP contribution in [-0.4, -0.2) is 36.9 Å². The number of hydrogen-bond acceptors (Lipinski definition) is 6. The molecule has 2 heterocycles. The van der Waals surface area contributed by atoms with Crippen molar-refractivity contribution in [2.75, 3.05) is 12.1 Å². The molecular weight excluding hydrogens is 341 g/mol. The van der Waals surface area contributed by atoms with Crippen LogP contribution in [0.25, 0.3) is 11.2 Å². The van der Waals surface area contributed by atoms with Crippen LogP contribution in [0.2, 0.25) is 0 Å². The predicted molar refractivity (Wildman–Crippen MR) is 95.1 cm³/mol. The summed E-state index contributed by atoms with van der Waals surface area (Å²) < 4.78 is 19.7. The average molecular weight is 361 g/mol. The zero-order valence-electron chi connectivity index (χ0n) is 13.8. The molecule has 1 aromatic carbocycles. The highest BCUT2D eigenvalue weighted by molar-refractivity contribution is 7.56. The second kappa shape index (κ2) is 7.31. The maximum atomic E-state index is 12.3. The fourth-order valence-electron chi connectivity index (χ4n) is 2.52. The highest BCUT2D eigenvalue weighted by Crippen LogP contribution is 2.44. The largest absolute Gasteiger partial charge is 0.382 e. The Kier molecular flexibility index (Phi) is 5.13. The molecule has 0 saturated heterocycles. The van der Waals surface area contributed by atoms with E-state index in [4.69, 9.17) is 10.5 Å². The summed E-state index contributed by atoms with van der Waals surface area (Å²) >= 11 is 0. The number of benzene rings is 1. The first kappa shape index (κ1) is 17.5. The van der Waals surface area contributed by atoms with E-state index in [0.29, 0.717) is 23.5 Å². The number of fused-ring (bicyclic) bond motifs is 1. The summed E-state index contributed by atoms with van der Waals surface area (Å²) in [7, 11) is -3.41. The molecule has 3 N–H and O–H groups in total. The summed E-state index contributed by atoms with van der Waals surface area (Å²) in [4.78, 5) is 22.4. The van der Waals surface area contributed by atoms with Gasteiger partial charge in [-0.1, -0.05) is 30.3 Å². The first-order valence-corrected chi connectivity index (χ1v) is 9.85. The van der Waals surface area contributed by atoms with Gasteiger partial charge in [-0.05, 0) is 12.5 Å². The summed E-state index contributed by atoms with van der Waals surface area (Å²) in [5.74, 6) is 0.319. The van der Waals surface area contributed by atoms with Crippen LogP contribution < -0.4 is 5.73 Å². The molecule has 0 saturated carbocycles. The van der Waals surface area contributed by atoms with Gasteiger partial charge in [0.2, 0.25) is 7.37 Å². The van der Waals surface area contributed by atoms with Crippen LogP contribution in [0, 0.1) is 0 Å². The fourth-order valence-corrected chi connectivity index (χ4v) is 3.88. The van der Waals surface area contributed by atoms with Gasteiger partial charge >= 0.3 is 0 Å². The number of nitrogens with two attached hydrogens (primary N) is 1. The first-order valence-electron chi connectivity index (χ1n) is 7.82. The van der Waals surface area contributed by atoms with Crippen molar-refractivity contribution in [3.05, 3.63) is 48.5 Å². The third-order valence-corrected chi connectivity index (χ3v) is 5.13. The molecular formula is C16H20N5O3P. The van der Waals surface area contributed by atoms with Crippen LogP contribution >= 0.6 is 7.37 Å². The minimum Gasteiger partial charge on any atom is -0.382 e. The minimum atomic E-state index is -3.41. The molecule has 0 amide bonds. The van der Waals surface area contributed by atoms with Gasteiger partial charge in [-0.25, -0.2) is 15.0 Å². The highest BCUT2D eigenvalue weighted by Gasteiger charge is 2.21. The maximum Gasteiger partial charge on any atom is 0.229 e. The monoisotopic (exact) mass is 361 g/mol.